The van der Waals surface area contributed by atoms with Gasteiger partial charge in [-0.15, -0.1) is 0 Å². The van der Waals surface area contributed by atoms with Gasteiger partial charge in [0, 0.05) is 5.92 Å². The molecule has 0 saturated heterocycles. The normalized spacial score (nSPS) is 13.4. The molecule has 2 unspecified atom stereocenters. The van der Waals surface area contributed by atoms with Gasteiger partial charge in [-0.2, -0.15) is 0 Å². The van der Waals surface area contributed by atoms with Crippen LogP contribution in [0.1, 0.15) is 38.2 Å². The van der Waals surface area contributed by atoms with Crippen LogP contribution in [-0.2, 0) is 4.74 Å². The molecule has 2 aromatic carbocycles. The predicted molar refractivity (Wildman–Crippen MR) is 100 cm³/mol. The van der Waals surface area contributed by atoms with Crippen LogP contribution in [0, 0.1) is 5.92 Å². The van der Waals surface area contributed by atoms with E-state index in [1.54, 1.807) is 0 Å². The summed E-state index contributed by atoms with van der Waals surface area (Å²) in [6.07, 6.45) is -0.0287. The highest BCUT2D eigenvalue weighted by Crippen LogP contribution is 2.29. The molecule has 0 aliphatic heterocycles. The van der Waals surface area contributed by atoms with E-state index in [2.05, 4.69) is 38.1 Å². The quantitative estimate of drug-likeness (QED) is 0.750. The Hall–Kier alpha value is -2.33. The van der Waals surface area contributed by atoms with Crippen LogP contribution in [0.4, 0.5) is 4.79 Å². The summed E-state index contributed by atoms with van der Waals surface area (Å²) in [5, 5.41) is 10.6. The molecule has 4 heteroatoms. The van der Waals surface area contributed by atoms with Gasteiger partial charge in [0.15, 0.2) is 0 Å². The van der Waals surface area contributed by atoms with Gasteiger partial charge in [0.05, 0.1) is 12.7 Å². The molecule has 0 heterocycles. The number of aliphatic hydroxyl groups is 1. The molecule has 3 N–H and O–H groups in total. The van der Waals surface area contributed by atoms with Crippen LogP contribution in [0.2, 0.25) is 0 Å². The molecule has 25 heavy (non-hydrogen) atoms. The first-order valence-electron chi connectivity index (χ1n) is 8.73. The Bertz CT molecular complexity index is 653. The summed E-state index contributed by atoms with van der Waals surface area (Å²) in [6, 6.07) is 18.4. The third-order valence-corrected chi connectivity index (χ3v) is 4.30. The van der Waals surface area contributed by atoms with Crippen LogP contribution >= 0.6 is 0 Å². The molecule has 2 aromatic rings. The number of carbonyl (C=O) groups excluding carboxylic acids is 1. The minimum absolute atomic E-state index is 0.0911. The number of carbonyl (C=O) groups is 1. The zero-order valence-electron chi connectivity index (χ0n) is 14.9. The highest BCUT2D eigenvalue weighted by Gasteiger charge is 2.22. The standard InChI is InChI=1S/C21H27NO3/c1-15(2)14-20(23)19(12-13-25-21(22)24)18-10-8-17(9-11-18)16-6-4-3-5-7-16/h3-11,15,19-20,23H,12-14H2,1-2H3,(H2,22,24). The van der Waals surface area contributed by atoms with E-state index in [0.717, 1.165) is 16.7 Å². The van der Waals surface area contributed by atoms with E-state index in [9.17, 15) is 9.90 Å². The fourth-order valence-electron chi connectivity index (χ4n) is 3.07. The minimum atomic E-state index is -0.781. The molecular weight excluding hydrogens is 314 g/mol. The summed E-state index contributed by atoms with van der Waals surface area (Å²) < 4.78 is 4.87. The largest absolute Gasteiger partial charge is 0.450 e. The summed E-state index contributed by atoms with van der Waals surface area (Å²) in [6.45, 7) is 4.37. The number of hydrogen-bond donors (Lipinski definition) is 2. The van der Waals surface area contributed by atoms with Crippen molar-refractivity contribution in [3.63, 3.8) is 0 Å². The molecule has 0 radical (unpaired) electrons. The monoisotopic (exact) mass is 341 g/mol. The van der Waals surface area contributed by atoms with E-state index in [4.69, 9.17) is 10.5 Å². The van der Waals surface area contributed by atoms with E-state index in [-0.39, 0.29) is 12.5 Å². The van der Waals surface area contributed by atoms with Crippen LogP contribution in [-0.4, -0.2) is 23.9 Å². The van der Waals surface area contributed by atoms with E-state index >= 15 is 0 Å². The summed E-state index contributed by atoms with van der Waals surface area (Å²) in [7, 11) is 0. The fourth-order valence-corrected chi connectivity index (χ4v) is 3.07. The molecule has 0 spiro atoms. The highest BCUT2D eigenvalue weighted by molar-refractivity contribution is 5.64. The molecular formula is C21H27NO3. The SMILES string of the molecule is CC(C)CC(O)C(CCOC(N)=O)c1ccc(-c2ccccc2)cc1. The van der Waals surface area contributed by atoms with Crippen LogP contribution < -0.4 is 5.73 Å². The van der Waals surface area contributed by atoms with E-state index in [0.29, 0.717) is 18.8 Å². The molecule has 0 saturated carbocycles. The average Bonchev–Trinajstić information content (AvgIpc) is 2.59. The molecule has 1 amide bonds. The lowest BCUT2D eigenvalue weighted by Crippen LogP contribution is -2.23. The number of ether oxygens (including phenoxy) is 1. The first kappa shape index (κ1) is 19.0. The van der Waals surface area contributed by atoms with Gasteiger partial charge in [-0.1, -0.05) is 68.4 Å². The second kappa shape index (κ2) is 9.23. The summed E-state index contributed by atoms with van der Waals surface area (Å²) in [5.74, 6) is 0.296. The van der Waals surface area contributed by atoms with Gasteiger partial charge in [0.1, 0.15) is 0 Å². The van der Waals surface area contributed by atoms with Gasteiger partial charge in [-0.3, -0.25) is 0 Å². The second-order valence-corrected chi connectivity index (χ2v) is 6.75. The number of hydrogen-bond acceptors (Lipinski definition) is 3. The zero-order chi connectivity index (χ0) is 18.2. The number of aliphatic hydroxyl groups excluding tert-OH is 1. The maximum absolute atomic E-state index is 10.8. The molecule has 2 atom stereocenters. The van der Waals surface area contributed by atoms with Crippen molar-refractivity contribution in [2.45, 2.75) is 38.7 Å². The summed E-state index contributed by atoms with van der Waals surface area (Å²) in [5.41, 5.74) is 8.37. The second-order valence-electron chi connectivity index (χ2n) is 6.75. The molecule has 0 aromatic heterocycles. The van der Waals surface area contributed by atoms with Crippen molar-refractivity contribution in [1.82, 2.24) is 0 Å². The zero-order valence-corrected chi connectivity index (χ0v) is 14.9. The Labute approximate surface area is 149 Å². The van der Waals surface area contributed by atoms with Gasteiger partial charge in [-0.25, -0.2) is 4.79 Å². The van der Waals surface area contributed by atoms with Crippen molar-refractivity contribution < 1.29 is 14.6 Å². The van der Waals surface area contributed by atoms with Gasteiger partial charge in [-0.05, 0) is 35.4 Å². The fraction of sp³-hybridized carbons (Fsp3) is 0.381. The molecule has 0 bridgehead atoms. The van der Waals surface area contributed by atoms with Crippen LogP contribution in [0.3, 0.4) is 0 Å². The summed E-state index contributed by atoms with van der Waals surface area (Å²) in [4.78, 5) is 10.8. The Morgan fingerprint density at radius 2 is 1.64 bits per heavy atom. The van der Waals surface area contributed by atoms with Gasteiger partial charge in [0.25, 0.3) is 0 Å². The van der Waals surface area contributed by atoms with Gasteiger partial charge < -0.3 is 15.6 Å². The Kier molecular flexibility index (Phi) is 7.02. The van der Waals surface area contributed by atoms with E-state index in [1.165, 1.54) is 0 Å². The maximum atomic E-state index is 10.8. The molecule has 4 nitrogen and oxygen atoms in total. The lowest BCUT2D eigenvalue weighted by molar-refractivity contribution is 0.0975. The van der Waals surface area contributed by atoms with Crippen molar-refractivity contribution in [2.24, 2.45) is 11.7 Å². The molecule has 134 valence electrons. The lowest BCUT2D eigenvalue weighted by Gasteiger charge is -2.25. The van der Waals surface area contributed by atoms with Gasteiger partial charge >= 0.3 is 6.09 Å². The Morgan fingerprint density at radius 1 is 1.04 bits per heavy atom. The molecule has 0 aliphatic rings. The van der Waals surface area contributed by atoms with Crippen molar-refractivity contribution in [2.75, 3.05) is 6.61 Å². The molecule has 0 aliphatic carbocycles. The van der Waals surface area contributed by atoms with E-state index in [1.807, 2.05) is 30.3 Å². The van der Waals surface area contributed by atoms with Crippen LogP contribution in [0.15, 0.2) is 54.6 Å². The highest BCUT2D eigenvalue weighted by atomic mass is 16.5. The van der Waals surface area contributed by atoms with Crippen molar-refractivity contribution >= 4 is 6.09 Å². The predicted octanol–water partition coefficient (Wildman–Crippen LogP) is 4.33. The topological polar surface area (TPSA) is 72.6 Å². The third-order valence-electron chi connectivity index (χ3n) is 4.30. The molecule has 2 rings (SSSR count). The van der Waals surface area contributed by atoms with Crippen LogP contribution in [0.25, 0.3) is 11.1 Å². The van der Waals surface area contributed by atoms with Crippen molar-refractivity contribution in [3.05, 3.63) is 60.2 Å². The number of rotatable bonds is 8. The lowest BCUT2D eigenvalue weighted by atomic mass is 9.86. The first-order valence-corrected chi connectivity index (χ1v) is 8.73. The third kappa shape index (κ3) is 5.91. The van der Waals surface area contributed by atoms with Crippen LogP contribution in [0.5, 0.6) is 0 Å². The van der Waals surface area contributed by atoms with Crippen molar-refractivity contribution in [1.29, 1.82) is 0 Å². The maximum Gasteiger partial charge on any atom is 0.404 e. The molecule has 0 fully saturated rings. The van der Waals surface area contributed by atoms with Gasteiger partial charge in [0.2, 0.25) is 0 Å². The number of amides is 1. The smallest absolute Gasteiger partial charge is 0.404 e. The average molecular weight is 341 g/mol. The summed E-state index contributed by atoms with van der Waals surface area (Å²) >= 11 is 0. The Balaban J connectivity index is 2.16. The number of benzene rings is 2. The Morgan fingerprint density at radius 3 is 2.20 bits per heavy atom. The van der Waals surface area contributed by atoms with E-state index < -0.39 is 12.2 Å². The first-order chi connectivity index (χ1) is 12.0. The minimum Gasteiger partial charge on any atom is -0.450 e. The van der Waals surface area contributed by atoms with Crippen molar-refractivity contribution in [3.8, 4) is 11.1 Å². The number of primary amides is 1. The number of nitrogens with two attached hydrogens (primary N) is 1.